The van der Waals surface area contributed by atoms with E-state index >= 15 is 0 Å². The summed E-state index contributed by atoms with van der Waals surface area (Å²) in [4.78, 5) is 8.75. The van der Waals surface area contributed by atoms with E-state index in [1.54, 1.807) is 19.5 Å². The molecule has 0 spiro atoms. The molecule has 100 valence electrons. The normalized spacial score (nSPS) is 10.5. The van der Waals surface area contributed by atoms with Crippen molar-refractivity contribution in [3.8, 4) is 17.0 Å². The maximum atomic E-state index is 5.41. The van der Waals surface area contributed by atoms with E-state index < -0.39 is 0 Å². The molecule has 3 aromatic rings. The van der Waals surface area contributed by atoms with Crippen LogP contribution >= 0.6 is 0 Å². The van der Waals surface area contributed by atoms with Gasteiger partial charge in [-0.15, -0.1) is 0 Å². The molecule has 2 aromatic heterocycles. The lowest BCUT2D eigenvalue weighted by Crippen LogP contribution is -1.93. The highest BCUT2D eigenvalue weighted by atomic mass is 16.5. The van der Waals surface area contributed by atoms with Crippen LogP contribution in [-0.2, 0) is 0 Å². The van der Waals surface area contributed by atoms with E-state index in [1.807, 2.05) is 37.4 Å². The summed E-state index contributed by atoms with van der Waals surface area (Å²) in [7, 11) is 3.53. The standard InChI is InChI=1S/C16H15N3O/c1-17-15-10-11(6-8-18-15)16-13-4-3-5-14(20-2)12(13)7-9-19-16/h3-10H,1-2H3,(H,17,18). The van der Waals surface area contributed by atoms with Crippen LogP contribution in [0.25, 0.3) is 22.0 Å². The van der Waals surface area contributed by atoms with Crippen molar-refractivity contribution in [1.29, 1.82) is 0 Å². The van der Waals surface area contributed by atoms with Gasteiger partial charge in [0.15, 0.2) is 0 Å². The number of hydrogen-bond donors (Lipinski definition) is 1. The minimum absolute atomic E-state index is 0.823. The highest BCUT2D eigenvalue weighted by molar-refractivity contribution is 5.98. The zero-order valence-electron chi connectivity index (χ0n) is 11.4. The summed E-state index contributed by atoms with van der Waals surface area (Å²) < 4.78 is 5.41. The van der Waals surface area contributed by atoms with Crippen LogP contribution in [0.15, 0.2) is 48.8 Å². The smallest absolute Gasteiger partial charge is 0.126 e. The molecule has 3 rings (SSSR count). The average molecular weight is 265 g/mol. The van der Waals surface area contributed by atoms with Gasteiger partial charge in [0.1, 0.15) is 11.6 Å². The number of hydrogen-bond acceptors (Lipinski definition) is 4. The van der Waals surface area contributed by atoms with Crippen LogP contribution in [0.2, 0.25) is 0 Å². The molecule has 2 heterocycles. The molecule has 0 fully saturated rings. The Kier molecular flexibility index (Phi) is 3.21. The Morgan fingerprint density at radius 3 is 2.65 bits per heavy atom. The van der Waals surface area contributed by atoms with Gasteiger partial charge in [0, 0.05) is 35.8 Å². The second kappa shape index (κ2) is 5.17. The van der Waals surface area contributed by atoms with Crippen molar-refractivity contribution in [2.75, 3.05) is 19.5 Å². The maximum absolute atomic E-state index is 5.41. The SMILES string of the molecule is CNc1cc(-c2nccc3c(OC)cccc23)ccn1. The third kappa shape index (κ3) is 2.05. The molecule has 1 aromatic carbocycles. The fraction of sp³-hybridized carbons (Fsp3) is 0.125. The first-order chi connectivity index (χ1) is 9.83. The first-order valence-electron chi connectivity index (χ1n) is 6.39. The summed E-state index contributed by atoms with van der Waals surface area (Å²) in [6.07, 6.45) is 3.58. The van der Waals surface area contributed by atoms with Gasteiger partial charge >= 0.3 is 0 Å². The molecule has 0 saturated heterocycles. The number of benzene rings is 1. The van der Waals surface area contributed by atoms with E-state index in [0.717, 1.165) is 33.6 Å². The highest BCUT2D eigenvalue weighted by Gasteiger charge is 2.08. The van der Waals surface area contributed by atoms with Crippen LogP contribution in [0.5, 0.6) is 5.75 Å². The minimum Gasteiger partial charge on any atom is -0.496 e. The first-order valence-corrected chi connectivity index (χ1v) is 6.39. The Morgan fingerprint density at radius 1 is 1.00 bits per heavy atom. The Labute approximate surface area is 117 Å². The Balaban J connectivity index is 2.25. The Bertz CT molecular complexity index is 756. The summed E-state index contributed by atoms with van der Waals surface area (Å²) >= 11 is 0. The number of rotatable bonds is 3. The first kappa shape index (κ1) is 12.4. The van der Waals surface area contributed by atoms with Gasteiger partial charge in [0.25, 0.3) is 0 Å². The summed E-state index contributed by atoms with van der Waals surface area (Å²) in [6.45, 7) is 0. The maximum Gasteiger partial charge on any atom is 0.126 e. The second-order valence-corrected chi connectivity index (χ2v) is 4.39. The molecular formula is C16H15N3O. The van der Waals surface area contributed by atoms with Gasteiger partial charge in [0.2, 0.25) is 0 Å². The van der Waals surface area contributed by atoms with E-state index in [9.17, 15) is 0 Å². The Hall–Kier alpha value is -2.62. The number of nitrogens with one attached hydrogen (secondary N) is 1. The zero-order valence-corrected chi connectivity index (χ0v) is 11.4. The molecular weight excluding hydrogens is 250 g/mol. The van der Waals surface area contributed by atoms with Crippen molar-refractivity contribution < 1.29 is 4.74 Å². The second-order valence-electron chi connectivity index (χ2n) is 4.39. The predicted molar refractivity (Wildman–Crippen MR) is 81.1 cm³/mol. The van der Waals surface area contributed by atoms with Gasteiger partial charge in [0.05, 0.1) is 12.8 Å². The van der Waals surface area contributed by atoms with Crippen LogP contribution in [0.1, 0.15) is 0 Å². The summed E-state index contributed by atoms with van der Waals surface area (Å²) in [5.41, 5.74) is 1.96. The van der Waals surface area contributed by atoms with Crippen molar-refractivity contribution in [2.24, 2.45) is 0 Å². The number of nitrogens with zero attached hydrogens (tertiary/aromatic N) is 2. The van der Waals surface area contributed by atoms with Crippen molar-refractivity contribution in [3.63, 3.8) is 0 Å². The van der Waals surface area contributed by atoms with E-state index in [-0.39, 0.29) is 0 Å². The lowest BCUT2D eigenvalue weighted by Gasteiger charge is -2.09. The molecule has 0 aliphatic carbocycles. The van der Waals surface area contributed by atoms with Gasteiger partial charge in [-0.05, 0) is 24.3 Å². The molecule has 0 bridgehead atoms. The van der Waals surface area contributed by atoms with E-state index in [1.165, 1.54) is 0 Å². The van der Waals surface area contributed by atoms with Crippen LogP contribution in [-0.4, -0.2) is 24.1 Å². The predicted octanol–water partition coefficient (Wildman–Crippen LogP) is 3.35. The molecule has 0 amide bonds. The van der Waals surface area contributed by atoms with Crippen molar-refractivity contribution in [1.82, 2.24) is 9.97 Å². The van der Waals surface area contributed by atoms with Gasteiger partial charge in [-0.3, -0.25) is 4.98 Å². The minimum atomic E-state index is 0.823. The zero-order chi connectivity index (χ0) is 13.9. The number of methoxy groups -OCH3 is 1. The third-order valence-corrected chi connectivity index (χ3v) is 3.28. The molecule has 0 unspecified atom stereocenters. The van der Waals surface area contributed by atoms with Gasteiger partial charge < -0.3 is 10.1 Å². The van der Waals surface area contributed by atoms with E-state index in [2.05, 4.69) is 21.4 Å². The third-order valence-electron chi connectivity index (χ3n) is 3.28. The Morgan fingerprint density at radius 2 is 1.85 bits per heavy atom. The molecule has 0 radical (unpaired) electrons. The molecule has 0 saturated carbocycles. The average Bonchev–Trinajstić information content (AvgIpc) is 2.53. The summed E-state index contributed by atoms with van der Waals surface area (Å²) in [5.74, 6) is 1.68. The van der Waals surface area contributed by atoms with E-state index in [4.69, 9.17) is 4.74 Å². The fourth-order valence-corrected chi connectivity index (χ4v) is 2.30. The molecule has 0 aliphatic rings. The lowest BCUT2D eigenvalue weighted by atomic mass is 10.0. The fourth-order valence-electron chi connectivity index (χ4n) is 2.30. The quantitative estimate of drug-likeness (QED) is 0.789. The van der Waals surface area contributed by atoms with Crippen LogP contribution in [0.3, 0.4) is 0 Å². The van der Waals surface area contributed by atoms with Crippen molar-refractivity contribution >= 4 is 16.6 Å². The molecule has 20 heavy (non-hydrogen) atoms. The molecule has 0 aliphatic heterocycles. The lowest BCUT2D eigenvalue weighted by molar-refractivity contribution is 0.420. The van der Waals surface area contributed by atoms with E-state index in [0.29, 0.717) is 0 Å². The van der Waals surface area contributed by atoms with Gasteiger partial charge in [-0.25, -0.2) is 4.98 Å². The number of pyridine rings is 2. The number of anilines is 1. The van der Waals surface area contributed by atoms with Gasteiger partial charge in [-0.2, -0.15) is 0 Å². The van der Waals surface area contributed by atoms with Crippen LogP contribution in [0, 0.1) is 0 Å². The highest BCUT2D eigenvalue weighted by Crippen LogP contribution is 2.32. The molecule has 4 heteroatoms. The number of aromatic nitrogens is 2. The van der Waals surface area contributed by atoms with Crippen molar-refractivity contribution in [3.05, 3.63) is 48.8 Å². The molecule has 4 nitrogen and oxygen atoms in total. The molecule has 1 N–H and O–H groups in total. The monoisotopic (exact) mass is 265 g/mol. The summed E-state index contributed by atoms with van der Waals surface area (Å²) in [5, 5.41) is 5.17. The largest absolute Gasteiger partial charge is 0.496 e. The van der Waals surface area contributed by atoms with Crippen LogP contribution in [0.4, 0.5) is 5.82 Å². The topological polar surface area (TPSA) is 47.0 Å². The van der Waals surface area contributed by atoms with Crippen LogP contribution < -0.4 is 10.1 Å². The number of ether oxygens (including phenoxy) is 1. The van der Waals surface area contributed by atoms with Gasteiger partial charge in [-0.1, -0.05) is 12.1 Å². The van der Waals surface area contributed by atoms with Crippen molar-refractivity contribution in [2.45, 2.75) is 0 Å². The summed E-state index contributed by atoms with van der Waals surface area (Å²) in [6, 6.07) is 11.9. The number of fused-ring (bicyclic) bond motifs is 1. The molecule has 0 atom stereocenters.